The Bertz CT molecular complexity index is 397. The van der Waals surface area contributed by atoms with Crippen molar-refractivity contribution >= 4 is 28.9 Å². The molecule has 1 aromatic rings. The molecule has 0 saturated carbocycles. The summed E-state index contributed by atoms with van der Waals surface area (Å²) in [5, 5.41) is 10.1. The molecule has 1 aromatic carbocycles. The standard InChI is InChI=1S/C12H12Cl2N2/c13-10-5-11(14)7-12(6-10)16-3-1-9(8-15)2-4-16/h5-7,9H,1-4H2. The van der Waals surface area contributed by atoms with Crippen LogP contribution in [0.2, 0.25) is 10.0 Å². The molecule has 2 rings (SSSR count). The molecule has 84 valence electrons. The van der Waals surface area contributed by atoms with Crippen LogP contribution in [0.15, 0.2) is 18.2 Å². The predicted molar refractivity (Wildman–Crippen MR) is 67.0 cm³/mol. The molecule has 1 saturated heterocycles. The van der Waals surface area contributed by atoms with E-state index in [1.54, 1.807) is 6.07 Å². The quantitative estimate of drug-likeness (QED) is 0.764. The fourth-order valence-corrected chi connectivity index (χ4v) is 2.50. The van der Waals surface area contributed by atoms with Gasteiger partial charge in [-0.05, 0) is 31.0 Å². The maximum absolute atomic E-state index is 8.83. The lowest BCUT2D eigenvalue weighted by Gasteiger charge is -2.31. The Morgan fingerprint density at radius 1 is 1.12 bits per heavy atom. The zero-order valence-electron chi connectivity index (χ0n) is 8.79. The molecule has 0 bridgehead atoms. The van der Waals surface area contributed by atoms with Gasteiger partial charge in [0.2, 0.25) is 0 Å². The van der Waals surface area contributed by atoms with E-state index in [0.29, 0.717) is 10.0 Å². The van der Waals surface area contributed by atoms with Crippen molar-refractivity contribution in [2.75, 3.05) is 18.0 Å². The zero-order valence-corrected chi connectivity index (χ0v) is 10.3. The molecule has 0 unspecified atom stereocenters. The van der Waals surface area contributed by atoms with E-state index in [0.717, 1.165) is 31.6 Å². The Morgan fingerprint density at radius 3 is 2.19 bits per heavy atom. The van der Waals surface area contributed by atoms with Gasteiger partial charge in [-0.3, -0.25) is 0 Å². The van der Waals surface area contributed by atoms with Gasteiger partial charge in [-0.1, -0.05) is 23.2 Å². The van der Waals surface area contributed by atoms with Gasteiger partial charge in [-0.2, -0.15) is 5.26 Å². The average Bonchev–Trinajstić information content (AvgIpc) is 2.28. The van der Waals surface area contributed by atoms with Gasteiger partial charge in [-0.25, -0.2) is 0 Å². The minimum absolute atomic E-state index is 0.200. The van der Waals surface area contributed by atoms with Crippen molar-refractivity contribution in [3.05, 3.63) is 28.2 Å². The first kappa shape index (κ1) is 11.6. The number of piperidine rings is 1. The number of hydrogen-bond acceptors (Lipinski definition) is 2. The Hall–Kier alpha value is -0.910. The molecule has 1 aliphatic heterocycles. The second kappa shape index (κ2) is 4.95. The summed E-state index contributed by atoms with van der Waals surface area (Å²) in [6, 6.07) is 7.88. The molecule has 0 aliphatic carbocycles. The third kappa shape index (κ3) is 2.61. The molecule has 16 heavy (non-hydrogen) atoms. The highest BCUT2D eigenvalue weighted by molar-refractivity contribution is 6.35. The molecule has 1 fully saturated rings. The van der Waals surface area contributed by atoms with Gasteiger partial charge >= 0.3 is 0 Å². The lowest BCUT2D eigenvalue weighted by Crippen LogP contribution is -2.33. The van der Waals surface area contributed by atoms with Crippen LogP contribution in [-0.2, 0) is 0 Å². The molecule has 1 aliphatic rings. The lowest BCUT2D eigenvalue weighted by molar-refractivity contribution is 0.488. The van der Waals surface area contributed by atoms with Crippen LogP contribution in [0, 0.1) is 17.2 Å². The highest BCUT2D eigenvalue weighted by Gasteiger charge is 2.19. The summed E-state index contributed by atoms with van der Waals surface area (Å²) in [6.07, 6.45) is 1.83. The first-order valence-electron chi connectivity index (χ1n) is 5.29. The number of hydrogen-bond donors (Lipinski definition) is 0. The number of rotatable bonds is 1. The van der Waals surface area contributed by atoms with E-state index in [-0.39, 0.29) is 5.92 Å². The molecule has 0 N–H and O–H groups in total. The molecule has 4 heteroatoms. The van der Waals surface area contributed by atoms with Gasteiger partial charge in [0, 0.05) is 34.7 Å². The van der Waals surface area contributed by atoms with Gasteiger partial charge in [0.25, 0.3) is 0 Å². The highest BCUT2D eigenvalue weighted by atomic mass is 35.5. The molecular weight excluding hydrogens is 243 g/mol. The summed E-state index contributed by atoms with van der Waals surface area (Å²) in [5.74, 6) is 0.200. The van der Waals surface area contributed by atoms with Gasteiger partial charge < -0.3 is 4.90 Å². The maximum Gasteiger partial charge on any atom is 0.0657 e. The molecule has 0 radical (unpaired) electrons. The first-order chi connectivity index (χ1) is 7.69. The SMILES string of the molecule is N#CC1CCN(c2cc(Cl)cc(Cl)c2)CC1. The van der Waals surface area contributed by atoms with E-state index in [4.69, 9.17) is 28.5 Å². The molecule has 0 spiro atoms. The van der Waals surface area contributed by atoms with Crippen LogP contribution in [0.5, 0.6) is 0 Å². The lowest BCUT2D eigenvalue weighted by atomic mass is 9.98. The average molecular weight is 255 g/mol. The summed E-state index contributed by atoms with van der Waals surface area (Å²) in [7, 11) is 0. The molecule has 0 atom stereocenters. The molecule has 2 nitrogen and oxygen atoms in total. The van der Waals surface area contributed by atoms with E-state index in [1.165, 1.54) is 0 Å². The normalized spacial score (nSPS) is 17.2. The van der Waals surface area contributed by atoms with Crippen LogP contribution in [0.3, 0.4) is 0 Å². The van der Waals surface area contributed by atoms with Crippen molar-refractivity contribution in [1.29, 1.82) is 5.26 Å². The van der Waals surface area contributed by atoms with Crippen molar-refractivity contribution in [3.63, 3.8) is 0 Å². The van der Waals surface area contributed by atoms with Crippen LogP contribution >= 0.6 is 23.2 Å². The van der Waals surface area contributed by atoms with Crippen molar-refractivity contribution in [2.45, 2.75) is 12.8 Å². The topological polar surface area (TPSA) is 27.0 Å². The Balaban J connectivity index is 2.11. The van der Waals surface area contributed by atoms with Crippen LogP contribution in [-0.4, -0.2) is 13.1 Å². The monoisotopic (exact) mass is 254 g/mol. The second-order valence-electron chi connectivity index (χ2n) is 4.02. The molecule has 0 amide bonds. The maximum atomic E-state index is 8.83. The van der Waals surface area contributed by atoms with Crippen molar-refractivity contribution in [3.8, 4) is 6.07 Å². The van der Waals surface area contributed by atoms with Crippen LogP contribution in [0.1, 0.15) is 12.8 Å². The van der Waals surface area contributed by atoms with Gasteiger partial charge in [0.05, 0.1) is 6.07 Å². The van der Waals surface area contributed by atoms with E-state index in [9.17, 15) is 0 Å². The second-order valence-corrected chi connectivity index (χ2v) is 4.89. The molecular formula is C12H12Cl2N2. The van der Waals surface area contributed by atoms with E-state index in [2.05, 4.69) is 11.0 Å². The van der Waals surface area contributed by atoms with Crippen LogP contribution in [0.4, 0.5) is 5.69 Å². The fourth-order valence-electron chi connectivity index (χ4n) is 1.99. The number of nitrogens with zero attached hydrogens (tertiary/aromatic N) is 2. The van der Waals surface area contributed by atoms with Crippen molar-refractivity contribution in [2.24, 2.45) is 5.92 Å². The Labute approximate surface area is 105 Å². The minimum Gasteiger partial charge on any atom is -0.371 e. The van der Waals surface area contributed by atoms with Gasteiger partial charge in [-0.15, -0.1) is 0 Å². The molecule has 1 heterocycles. The minimum atomic E-state index is 0.200. The summed E-state index contributed by atoms with van der Waals surface area (Å²) < 4.78 is 0. The summed E-state index contributed by atoms with van der Waals surface area (Å²) >= 11 is 11.9. The van der Waals surface area contributed by atoms with Gasteiger partial charge in [0.1, 0.15) is 0 Å². The summed E-state index contributed by atoms with van der Waals surface area (Å²) in [5.41, 5.74) is 1.05. The number of nitriles is 1. The predicted octanol–water partition coefficient (Wildman–Crippen LogP) is 3.73. The third-order valence-corrected chi connectivity index (χ3v) is 3.33. The largest absolute Gasteiger partial charge is 0.371 e. The van der Waals surface area contributed by atoms with Crippen LogP contribution < -0.4 is 4.90 Å². The Kier molecular flexibility index (Phi) is 3.58. The van der Waals surface area contributed by atoms with E-state index >= 15 is 0 Å². The van der Waals surface area contributed by atoms with Crippen LogP contribution in [0.25, 0.3) is 0 Å². The third-order valence-electron chi connectivity index (χ3n) is 2.89. The van der Waals surface area contributed by atoms with E-state index < -0.39 is 0 Å². The smallest absolute Gasteiger partial charge is 0.0657 e. The van der Waals surface area contributed by atoms with Crippen molar-refractivity contribution < 1.29 is 0 Å². The fraction of sp³-hybridized carbons (Fsp3) is 0.417. The number of halogens is 2. The first-order valence-corrected chi connectivity index (χ1v) is 6.05. The molecule has 0 aromatic heterocycles. The van der Waals surface area contributed by atoms with Crippen molar-refractivity contribution in [1.82, 2.24) is 0 Å². The number of benzene rings is 1. The van der Waals surface area contributed by atoms with E-state index in [1.807, 2.05) is 12.1 Å². The zero-order chi connectivity index (χ0) is 11.5. The highest BCUT2D eigenvalue weighted by Crippen LogP contribution is 2.28. The summed E-state index contributed by atoms with van der Waals surface area (Å²) in [6.45, 7) is 1.80. The van der Waals surface area contributed by atoms with Gasteiger partial charge in [0.15, 0.2) is 0 Å². The Morgan fingerprint density at radius 2 is 1.69 bits per heavy atom. The number of anilines is 1. The summed E-state index contributed by atoms with van der Waals surface area (Å²) in [4.78, 5) is 2.23.